The van der Waals surface area contributed by atoms with E-state index in [4.69, 9.17) is 4.74 Å². The molecular formula is C19H22N2O2S. The van der Waals surface area contributed by atoms with Gasteiger partial charge >= 0.3 is 0 Å². The first kappa shape index (κ1) is 15.5. The van der Waals surface area contributed by atoms with Crippen LogP contribution in [0.15, 0.2) is 24.3 Å². The highest BCUT2D eigenvalue weighted by Crippen LogP contribution is 2.43. The van der Waals surface area contributed by atoms with Gasteiger partial charge in [-0.2, -0.15) is 0 Å². The second kappa shape index (κ2) is 6.13. The standard InChI is InChI=1S/C19H22N2O2S/c1-3-11-4-9-14-15(10-11)24-19-16(14)18(22)20-17(21-19)12-5-7-13(23-2)8-6-12/h5-8,11,17,21H,3-4,9-10H2,1-2H3,(H,20,22)/t11-,17-/m0/s1. The first-order chi connectivity index (χ1) is 11.7. The van der Waals surface area contributed by atoms with Crippen LogP contribution in [0, 0.1) is 5.92 Å². The molecule has 2 heterocycles. The lowest BCUT2D eigenvalue weighted by molar-refractivity contribution is 0.0935. The van der Waals surface area contributed by atoms with Gasteiger partial charge in [0.15, 0.2) is 0 Å². The minimum atomic E-state index is -0.182. The fraction of sp³-hybridized carbons (Fsp3) is 0.421. The average molecular weight is 342 g/mol. The van der Waals surface area contributed by atoms with E-state index in [2.05, 4.69) is 17.6 Å². The quantitative estimate of drug-likeness (QED) is 0.882. The van der Waals surface area contributed by atoms with Crippen LogP contribution < -0.4 is 15.4 Å². The number of nitrogens with one attached hydrogen (secondary N) is 2. The van der Waals surface area contributed by atoms with Gasteiger partial charge < -0.3 is 15.4 Å². The Morgan fingerprint density at radius 1 is 1.25 bits per heavy atom. The van der Waals surface area contributed by atoms with E-state index in [1.807, 2.05) is 24.3 Å². The lowest BCUT2D eigenvalue weighted by atomic mass is 9.85. The molecular weight excluding hydrogens is 320 g/mol. The summed E-state index contributed by atoms with van der Waals surface area (Å²) in [6.07, 6.45) is 4.38. The van der Waals surface area contributed by atoms with Crippen molar-refractivity contribution in [3.8, 4) is 5.75 Å². The lowest BCUT2D eigenvalue weighted by Gasteiger charge is -2.27. The van der Waals surface area contributed by atoms with Crippen LogP contribution in [0.4, 0.5) is 5.00 Å². The van der Waals surface area contributed by atoms with Crippen molar-refractivity contribution in [3.05, 3.63) is 45.8 Å². The molecule has 1 amide bonds. The van der Waals surface area contributed by atoms with E-state index in [1.54, 1.807) is 18.4 Å². The van der Waals surface area contributed by atoms with Gasteiger partial charge in [0.1, 0.15) is 16.9 Å². The molecule has 2 aliphatic rings. The molecule has 0 unspecified atom stereocenters. The average Bonchev–Trinajstić information content (AvgIpc) is 2.99. The highest BCUT2D eigenvalue weighted by molar-refractivity contribution is 7.16. The van der Waals surface area contributed by atoms with Crippen LogP contribution in [0.25, 0.3) is 0 Å². The van der Waals surface area contributed by atoms with Crippen LogP contribution in [0.5, 0.6) is 5.75 Å². The molecule has 4 rings (SSSR count). The summed E-state index contributed by atoms with van der Waals surface area (Å²) in [5, 5.41) is 7.65. The van der Waals surface area contributed by atoms with Gasteiger partial charge in [0, 0.05) is 4.88 Å². The zero-order valence-corrected chi connectivity index (χ0v) is 14.8. The number of amides is 1. The number of benzene rings is 1. The summed E-state index contributed by atoms with van der Waals surface area (Å²) in [5.74, 6) is 1.63. The molecule has 0 saturated heterocycles. The molecule has 2 N–H and O–H groups in total. The van der Waals surface area contributed by atoms with Gasteiger partial charge in [-0.05, 0) is 48.4 Å². The number of rotatable bonds is 3. The molecule has 4 nitrogen and oxygen atoms in total. The van der Waals surface area contributed by atoms with Crippen molar-refractivity contribution in [2.45, 2.75) is 38.8 Å². The number of hydrogen-bond donors (Lipinski definition) is 2. The van der Waals surface area contributed by atoms with E-state index in [0.717, 1.165) is 40.6 Å². The molecule has 1 aromatic heterocycles. The van der Waals surface area contributed by atoms with E-state index in [1.165, 1.54) is 23.3 Å². The molecule has 126 valence electrons. The van der Waals surface area contributed by atoms with E-state index in [0.29, 0.717) is 0 Å². The van der Waals surface area contributed by atoms with Crippen molar-refractivity contribution in [2.75, 3.05) is 12.4 Å². The highest BCUT2D eigenvalue weighted by atomic mass is 32.1. The van der Waals surface area contributed by atoms with Crippen LogP contribution in [-0.2, 0) is 12.8 Å². The Morgan fingerprint density at radius 3 is 2.75 bits per heavy atom. The van der Waals surface area contributed by atoms with Gasteiger partial charge in [-0.25, -0.2) is 0 Å². The third kappa shape index (κ3) is 2.57. The number of fused-ring (bicyclic) bond motifs is 3. The third-order valence-corrected chi connectivity index (χ3v) is 6.36. The molecule has 1 aliphatic carbocycles. The van der Waals surface area contributed by atoms with Crippen LogP contribution >= 0.6 is 11.3 Å². The van der Waals surface area contributed by atoms with Crippen molar-refractivity contribution in [2.24, 2.45) is 5.92 Å². The zero-order chi connectivity index (χ0) is 16.7. The Hall–Kier alpha value is -2.01. The molecule has 0 fully saturated rings. The molecule has 0 bridgehead atoms. The van der Waals surface area contributed by atoms with Crippen molar-refractivity contribution in [3.63, 3.8) is 0 Å². The van der Waals surface area contributed by atoms with E-state index >= 15 is 0 Å². The first-order valence-corrected chi connectivity index (χ1v) is 9.37. The molecule has 24 heavy (non-hydrogen) atoms. The maximum Gasteiger partial charge on any atom is 0.256 e. The maximum absolute atomic E-state index is 12.7. The number of anilines is 1. The minimum absolute atomic E-state index is 0.0528. The number of carbonyl (C=O) groups is 1. The maximum atomic E-state index is 12.7. The Morgan fingerprint density at radius 2 is 2.04 bits per heavy atom. The molecule has 1 aromatic carbocycles. The predicted molar refractivity (Wildman–Crippen MR) is 96.9 cm³/mol. The largest absolute Gasteiger partial charge is 0.497 e. The Balaban J connectivity index is 1.63. The summed E-state index contributed by atoms with van der Waals surface area (Å²) in [6, 6.07) is 7.82. The van der Waals surface area contributed by atoms with Crippen molar-refractivity contribution in [1.82, 2.24) is 5.32 Å². The minimum Gasteiger partial charge on any atom is -0.497 e. The smallest absolute Gasteiger partial charge is 0.256 e. The molecule has 2 aromatic rings. The van der Waals surface area contributed by atoms with Gasteiger partial charge in [0.2, 0.25) is 0 Å². The second-order valence-corrected chi connectivity index (χ2v) is 7.65. The van der Waals surface area contributed by atoms with E-state index < -0.39 is 0 Å². The molecule has 0 spiro atoms. The summed E-state index contributed by atoms with van der Waals surface area (Å²) >= 11 is 1.77. The number of methoxy groups -OCH3 is 1. The normalized spacial score (nSPS) is 22.2. The SMILES string of the molecule is CC[C@H]1CCc2c(sc3c2C(=O)N[C@H](c2ccc(OC)cc2)N3)C1. The van der Waals surface area contributed by atoms with Crippen LogP contribution in [-0.4, -0.2) is 13.0 Å². The van der Waals surface area contributed by atoms with E-state index in [9.17, 15) is 4.79 Å². The molecule has 0 saturated carbocycles. The Labute approximate surface area is 146 Å². The second-order valence-electron chi connectivity index (χ2n) is 6.55. The number of carbonyl (C=O) groups excluding carboxylic acids is 1. The zero-order valence-electron chi connectivity index (χ0n) is 14.0. The topological polar surface area (TPSA) is 50.4 Å². The number of hydrogen-bond acceptors (Lipinski definition) is 4. The summed E-state index contributed by atoms with van der Waals surface area (Å²) < 4.78 is 5.20. The summed E-state index contributed by atoms with van der Waals surface area (Å²) in [5.41, 5.74) is 3.19. The van der Waals surface area contributed by atoms with Gasteiger partial charge in [-0.1, -0.05) is 25.5 Å². The first-order valence-electron chi connectivity index (χ1n) is 8.55. The van der Waals surface area contributed by atoms with Crippen molar-refractivity contribution >= 4 is 22.2 Å². The lowest BCUT2D eigenvalue weighted by Crippen LogP contribution is -2.38. The van der Waals surface area contributed by atoms with Crippen molar-refractivity contribution < 1.29 is 9.53 Å². The highest BCUT2D eigenvalue weighted by Gasteiger charge is 2.33. The molecule has 2 atom stereocenters. The fourth-order valence-electron chi connectivity index (χ4n) is 3.68. The van der Waals surface area contributed by atoms with Gasteiger partial charge in [-0.15, -0.1) is 11.3 Å². The molecule has 1 aliphatic heterocycles. The molecule has 0 radical (unpaired) electrons. The number of thiophene rings is 1. The van der Waals surface area contributed by atoms with Crippen molar-refractivity contribution in [1.29, 1.82) is 0 Å². The Kier molecular flexibility index (Phi) is 3.96. The monoisotopic (exact) mass is 342 g/mol. The number of ether oxygens (including phenoxy) is 1. The van der Waals surface area contributed by atoms with E-state index in [-0.39, 0.29) is 12.1 Å². The van der Waals surface area contributed by atoms with Crippen LogP contribution in [0.1, 0.15) is 52.3 Å². The summed E-state index contributed by atoms with van der Waals surface area (Å²) in [7, 11) is 1.65. The van der Waals surface area contributed by atoms with Gasteiger partial charge in [0.05, 0.1) is 12.7 Å². The Bertz CT molecular complexity index is 766. The summed E-state index contributed by atoms with van der Waals surface area (Å²) in [6.45, 7) is 2.26. The predicted octanol–water partition coefficient (Wildman–Crippen LogP) is 4.13. The third-order valence-electron chi connectivity index (χ3n) is 5.17. The van der Waals surface area contributed by atoms with Gasteiger partial charge in [-0.3, -0.25) is 4.79 Å². The van der Waals surface area contributed by atoms with Crippen LogP contribution in [0.2, 0.25) is 0 Å². The summed E-state index contributed by atoms with van der Waals surface area (Å²) in [4.78, 5) is 14.1. The molecule has 5 heteroatoms. The fourth-order valence-corrected chi connectivity index (χ4v) is 5.07. The van der Waals surface area contributed by atoms with Crippen LogP contribution in [0.3, 0.4) is 0 Å². The van der Waals surface area contributed by atoms with Gasteiger partial charge in [0.25, 0.3) is 5.91 Å².